The number of anilines is 1. The van der Waals surface area contributed by atoms with Crippen LogP contribution in [-0.4, -0.2) is 30.3 Å². The number of aromatic nitrogens is 1. The van der Waals surface area contributed by atoms with Gasteiger partial charge in [0.2, 0.25) is 0 Å². The van der Waals surface area contributed by atoms with Gasteiger partial charge < -0.3 is 15.4 Å². The summed E-state index contributed by atoms with van der Waals surface area (Å²) in [5.74, 6) is 0.887. The second kappa shape index (κ2) is 6.71. The zero-order chi connectivity index (χ0) is 13.6. The average molecular weight is 251 g/mol. The average Bonchev–Trinajstić information content (AvgIpc) is 2.33. The zero-order valence-electron chi connectivity index (χ0n) is 12.1. The minimum atomic E-state index is 0.130. The van der Waals surface area contributed by atoms with Gasteiger partial charge in [0.1, 0.15) is 5.82 Å². The Hall–Kier alpha value is -1.13. The molecule has 0 aliphatic rings. The van der Waals surface area contributed by atoms with Crippen molar-refractivity contribution in [2.24, 2.45) is 0 Å². The minimum Gasteiger partial charge on any atom is -0.380 e. The first-order valence-corrected chi connectivity index (χ1v) is 6.37. The van der Waals surface area contributed by atoms with Crippen molar-refractivity contribution in [1.82, 2.24) is 10.3 Å². The summed E-state index contributed by atoms with van der Waals surface area (Å²) in [6.07, 6.45) is 2.09. The van der Waals surface area contributed by atoms with Crippen LogP contribution in [0.25, 0.3) is 0 Å². The molecule has 102 valence electrons. The summed E-state index contributed by atoms with van der Waals surface area (Å²) in [5.41, 5.74) is 1.32. The van der Waals surface area contributed by atoms with Crippen molar-refractivity contribution in [2.45, 2.75) is 45.9 Å². The molecule has 0 aliphatic heterocycles. The van der Waals surface area contributed by atoms with E-state index in [1.165, 1.54) is 5.56 Å². The number of methoxy groups -OCH3 is 1. The molecule has 0 aliphatic carbocycles. The van der Waals surface area contributed by atoms with E-state index in [4.69, 9.17) is 4.74 Å². The van der Waals surface area contributed by atoms with Gasteiger partial charge in [-0.3, -0.25) is 0 Å². The summed E-state index contributed by atoms with van der Waals surface area (Å²) in [6.45, 7) is 10.1. The highest BCUT2D eigenvalue weighted by Crippen LogP contribution is 2.07. The van der Waals surface area contributed by atoms with Crippen LogP contribution in [0, 0.1) is 0 Å². The van der Waals surface area contributed by atoms with Crippen LogP contribution >= 0.6 is 0 Å². The van der Waals surface area contributed by atoms with Crippen LogP contribution in [0.15, 0.2) is 18.3 Å². The second-order valence-electron chi connectivity index (χ2n) is 5.58. The molecule has 18 heavy (non-hydrogen) atoms. The highest BCUT2D eigenvalue weighted by molar-refractivity contribution is 5.35. The van der Waals surface area contributed by atoms with Crippen molar-refractivity contribution in [3.63, 3.8) is 0 Å². The maximum absolute atomic E-state index is 5.17. The Morgan fingerprint density at radius 3 is 2.56 bits per heavy atom. The first-order chi connectivity index (χ1) is 8.40. The fourth-order valence-electron chi connectivity index (χ4n) is 1.33. The van der Waals surface area contributed by atoms with Gasteiger partial charge in [-0.25, -0.2) is 4.98 Å². The third kappa shape index (κ3) is 5.98. The van der Waals surface area contributed by atoms with Gasteiger partial charge in [-0.15, -0.1) is 0 Å². The molecular weight excluding hydrogens is 226 g/mol. The van der Waals surface area contributed by atoms with E-state index in [2.05, 4.69) is 42.5 Å². The Bertz CT molecular complexity index is 343. The maximum Gasteiger partial charge on any atom is 0.125 e. The molecule has 0 aromatic carbocycles. The van der Waals surface area contributed by atoms with Crippen molar-refractivity contribution in [3.05, 3.63) is 23.9 Å². The van der Waals surface area contributed by atoms with Crippen LogP contribution in [0.1, 0.15) is 33.3 Å². The van der Waals surface area contributed by atoms with E-state index >= 15 is 0 Å². The summed E-state index contributed by atoms with van der Waals surface area (Å²) in [4.78, 5) is 4.38. The monoisotopic (exact) mass is 251 g/mol. The van der Waals surface area contributed by atoms with Gasteiger partial charge >= 0.3 is 0 Å². The van der Waals surface area contributed by atoms with E-state index in [9.17, 15) is 0 Å². The standard InChI is InChI=1S/C14H25N3O/c1-11(18-5)8-15-13-7-6-12(9-16-13)10-17-14(2,3)4/h6-7,9,11,17H,8,10H2,1-5H3,(H,15,16). The molecule has 1 atom stereocenters. The molecule has 4 nitrogen and oxygen atoms in total. The highest BCUT2D eigenvalue weighted by atomic mass is 16.5. The molecule has 0 radical (unpaired) electrons. The van der Waals surface area contributed by atoms with Gasteiger partial charge in [-0.2, -0.15) is 0 Å². The largest absolute Gasteiger partial charge is 0.380 e. The number of hydrogen-bond donors (Lipinski definition) is 2. The molecule has 1 rings (SSSR count). The lowest BCUT2D eigenvalue weighted by Crippen LogP contribution is -2.35. The van der Waals surface area contributed by atoms with Crippen LogP contribution < -0.4 is 10.6 Å². The minimum absolute atomic E-state index is 0.130. The molecule has 1 aromatic heterocycles. The quantitative estimate of drug-likeness (QED) is 0.815. The van der Waals surface area contributed by atoms with Crippen molar-refractivity contribution in [1.29, 1.82) is 0 Å². The number of ether oxygens (including phenoxy) is 1. The van der Waals surface area contributed by atoms with E-state index in [1.807, 2.05) is 19.2 Å². The fourth-order valence-corrected chi connectivity index (χ4v) is 1.33. The lowest BCUT2D eigenvalue weighted by molar-refractivity contribution is 0.128. The van der Waals surface area contributed by atoms with Gasteiger partial charge in [0.15, 0.2) is 0 Å². The van der Waals surface area contributed by atoms with Crippen LogP contribution in [0.2, 0.25) is 0 Å². The Kier molecular flexibility index (Phi) is 5.56. The normalized spacial score (nSPS) is 13.4. The first-order valence-electron chi connectivity index (χ1n) is 6.37. The molecule has 1 aromatic rings. The van der Waals surface area contributed by atoms with Gasteiger partial charge in [0, 0.05) is 31.9 Å². The van der Waals surface area contributed by atoms with E-state index in [-0.39, 0.29) is 11.6 Å². The molecule has 1 unspecified atom stereocenters. The van der Waals surface area contributed by atoms with Gasteiger partial charge in [-0.1, -0.05) is 6.07 Å². The van der Waals surface area contributed by atoms with Crippen molar-refractivity contribution in [2.75, 3.05) is 19.0 Å². The molecular formula is C14H25N3O. The van der Waals surface area contributed by atoms with Crippen LogP contribution in [0.5, 0.6) is 0 Å². The fraction of sp³-hybridized carbons (Fsp3) is 0.643. The third-order valence-corrected chi connectivity index (χ3v) is 2.62. The van der Waals surface area contributed by atoms with Gasteiger partial charge in [0.05, 0.1) is 6.10 Å². The van der Waals surface area contributed by atoms with Crippen molar-refractivity contribution >= 4 is 5.82 Å². The van der Waals surface area contributed by atoms with E-state index in [0.717, 1.165) is 18.9 Å². The van der Waals surface area contributed by atoms with Crippen molar-refractivity contribution in [3.8, 4) is 0 Å². The number of pyridine rings is 1. The van der Waals surface area contributed by atoms with Crippen LogP contribution in [0.3, 0.4) is 0 Å². The first kappa shape index (κ1) is 14.9. The molecule has 0 saturated carbocycles. The maximum atomic E-state index is 5.17. The molecule has 0 fully saturated rings. The van der Waals surface area contributed by atoms with E-state index < -0.39 is 0 Å². The third-order valence-electron chi connectivity index (χ3n) is 2.62. The second-order valence-corrected chi connectivity index (χ2v) is 5.58. The number of hydrogen-bond acceptors (Lipinski definition) is 4. The zero-order valence-corrected chi connectivity index (χ0v) is 12.1. The summed E-state index contributed by atoms with van der Waals surface area (Å²) >= 11 is 0. The summed E-state index contributed by atoms with van der Waals surface area (Å²) < 4.78 is 5.17. The Balaban J connectivity index is 2.42. The number of rotatable bonds is 6. The van der Waals surface area contributed by atoms with Gasteiger partial charge in [-0.05, 0) is 39.3 Å². The predicted molar refractivity (Wildman–Crippen MR) is 75.8 cm³/mol. The lowest BCUT2D eigenvalue weighted by atomic mass is 10.1. The number of nitrogens with one attached hydrogen (secondary N) is 2. The highest BCUT2D eigenvalue weighted by Gasteiger charge is 2.08. The van der Waals surface area contributed by atoms with Crippen molar-refractivity contribution < 1.29 is 4.74 Å². The molecule has 0 amide bonds. The van der Waals surface area contributed by atoms with Crippen LogP contribution in [-0.2, 0) is 11.3 Å². The van der Waals surface area contributed by atoms with Crippen LogP contribution in [0.4, 0.5) is 5.82 Å². The Morgan fingerprint density at radius 2 is 2.06 bits per heavy atom. The molecule has 4 heteroatoms. The summed E-state index contributed by atoms with van der Waals surface area (Å²) in [7, 11) is 1.71. The number of nitrogens with zero attached hydrogens (tertiary/aromatic N) is 1. The molecule has 2 N–H and O–H groups in total. The molecule has 1 heterocycles. The Labute approximate surface area is 110 Å². The lowest BCUT2D eigenvalue weighted by Gasteiger charge is -2.20. The van der Waals surface area contributed by atoms with Gasteiger partial charge in [0.25, 0.3) is 0 Å². The summed E-state index contributed by atoms with van der Waals surface area (Å²) in [6, 6.07) is 4.09. The topological polar surface area (TPSA) is 46.2 Å². The van der Waals surface area contributed by atoms with E-state index in [0.29, 0.717) is 0 Å². The smallest absolute Gasteiger partial charge is 0.125 e. The Morgan fingerprint density at radius 1 is 1.33 bits per heavy atom. The molecule has 0 saturated heterocycles. The molecule has 0 spiro atoms. The molecule has 0 bridgehead atoms. The SMILES string of the molecule is COC(C)CNc1ccc(CNC(C)(C)C)cn1. The summed E-state index contributed by atoms with van der Waals surface area (Å²) in [5, 5.41) is 6.67. The predicted octanol–water partition coefficient (Wildman–Crippen LogP) is 2.42. The van der Waals surface area contributed by atoms with E-state index in [1.54, 1.807) is 7.11 Å².